The zero-order valence-corrected chi connectivity index (χ0v) is 12.5. The molecule has 0 unspecified atom stereocenters. The lowest BCUT2D eigenvalue weighted by Crippen LogP contribution is -2.43. The maximum Gasteiger partial charge on any atom is 0.188 e. The molecule has 0 radical (unpaired) electrons. The summed E-state index contributed by atoms with van der Waals surface area (Å²) in [4.78, 5) is 13.0. The number of nitrogens with zero attached hydrogens (tertiary/aromatic N) is 2. The molecule has 0 aromatic carbocycles. The van der Waals surface area contributed by atoms with Crippen molar-refractivity contribution in [2.75, 3.05) is 13.1 Å². The van der Waals surface area contributed by atoms with Gasteiger partial charge in [-0.05, 0) is 39.3 Å². The molecule has 0 aliphatic carbocycles. The molecular formula is C14H22ClN3O. The lowest BCUT2D eigenvalue weighted by atomic mass is 9.71. The van der Waals surface area contributed by atoms with E-state index in [9.17, 15) is 4.79 Å². The van der Waals surface area contributed by atoms with Gasteiger partial charge in [-0.25, -0.2) is 0 Å². The first kappa shape index (κ1) is 14.5. The highest BCUT2D eigenvalue weighted by Gasteiger charge is 2.41. The number of aromatic nitrogens is 2. The molecule has 1 fully saturated rings. The van der Waals surface area contributed by atoms with Crippen LogP contribution in [0.3, 0.4) is 0 Å². The van der Waals surface area contributed by atoms with Crippen molar-refractivity contribution in [1.82, 2.24) is 15.1 Å². The molecule has 1 N–H and O–H groups in total. The maximum absolute atomic E-state index is 13.0. The summed E-state index contributed by atoms with van der Waals surface area (Å²) in [5.41, 5.74) is 0.343. The molecule has 1 aromatic heterocycles. The van der Waals surface area contributed by atoms with Crippen molar-refractivity contribution in [1.29, 1.82) is 0 Å². The topological polar surface area (TPSA) is 46.9 Å². The standard InChI is InChI=1S/C14H22ClN3O/c1-3-5-14(6-8-16-9-7-14)13(19)12-11(15)10-17-18(12)4-2/h10,16H,3-9H2,1-2H3. The highest BCUT2D eigenvalue weighted by atomic mass is 35.5. The van der Waals surface area contributed by atoms with Crippen LogP contribution >= 0.6 is 11.6 Å². The van der Waals surface area contributed by atoms with Gasteiger partial charge in [0, 0.05) is 12.0 Å². The fraction of sp³-hybridized carbons (Fsp3) is 0.714. The average Bonchev–Trinajstić information content (AvgIpc) is 2.80. The minimum Gasteiger partial charge on any atom is -0.317 e. The number of carbonyl (C=O) groups excluding carboxylic acids is 1. The SMILES string of the molecule is CCCC1(C(=O)c2c(Cl)cnn2CC)CCNCC1. The van der Waals surface area contributed by atoms with Crippen molar-refractivity contribution in [2.24, 2.45) is 5.41 Å². The van der Waals surface area contributed by atoms with E-state index in [4.69, 9.17) is 11.6 Å². The van der Waals surface area contributed by atoms with Gasteiger partial charge < -0.3 is 5.32 Å². The van der Waals surface area contributed by atoms with E-state index in [0.717, 1.165) is 38.8 Å². The number of Topliss-reactive ketones (excluding diaryl/α,β-unsaturated/α-hetero) is 1. The summed E-state index contributed by atoms with van der Waals surface area (Å²) in [7, 11) is 0. The van der Waals surface area contributed by atoms with Gasteiger partial charge in [-0.1, -0.05) is 24.9 Å². The number of halogens is 1. The number of piperidine rings is 1. The Balaban J connectivity index is 2.36. The molecule has 0 bridgehead atoms. The Morgan fingerprint density at radius 2 is 2.16 bits per heavy atom. The quantitative estimate of drug-likeness (QED) is 0.845. The van der Waals surface area contributed by atoms with Crippen LogP contribution in [-0.2, 0) is 6.54 Å². The molecule has 1 aliphatic heterocycles. The number of nitrogens with one attached hydrogen (secondary N) is 1. The van der Waals surface area contributed by atoms with E-state index < -0.39 is 0 Å². The Morgan fingerprint density at radius 1 is 1.47 bits per heavy atom. The highest BCUT2D eigenvalue weighted by Crippen LogP contribution is 2.38. The second-order valence-corrected chi connectivity index (χ2v) is 5.67. The molecular weight excluding hydrogens is 262 g/mol. The molecule has 19 heavy (non-hydrogen) atoms. The van der Waals surface area contributed by atoms with Gasteiger partial charge in [0.15, 0.2) is 5.78 Å². The summed E-state index contributed by atoms with van der Waals surface area (Å²) in [6.07, 6.45) is 5.32. The van der Waals surface area contributed by atoms with Crippen molar-refractivity contribution in [3.8, 4) is 0 Å². The molecule has 0 spiro atoms. The normalized spacial score (nSPS) is 18.5. The average molecular weight is 284 g/mol. The third-order valence-electron chi connectivity index (χ3n) is 4.08. The number of hydrogen-bond acceptors (Lipinski definition) is 3. The van der Waals surface area contributed by atoms with Gasteiger partial charge in [-0.3, -0.25) is 9.48 Å². The fourth-order valence-corrected chi connectivity index (χ4v) is 3.28. The van der Waals surface area contributed by atoms with Gasteiger partial charge in [-0.2, -0.15) is 5.10 Å². The van der Waals surface area contributed by atoms with Crippen LogP contribution in [0.1, 0.15) is 50.0 Å². The summed E-state index contributed by atoms with van der Waals surface area (Å²) >= 11 is 6.18. The summed E-state index contributed by atoms with van der Waals surface area (Å²) < 4.78 is 1.73. The zero-order chi connectivity index (χ0) is 13.9. The van der Waals surface area contributed by atoms with Crippen molar-refractivity contribution in [2.45, 2.75) is 46.1 Å². The Labute approximate surface area is 119 Å². The highest BCUT2D eigenvalue weighted by molar-refractivity contribution is 6.33. The van der Waals surface area contributed by atoms with Crippen molar-refractivity contribution >= 4 is 17.4 Å². The second-order valence-electron chi connectivity index (χ2n) is 5.27. The first-order valence-electron chi connectivity index (χ1n) is 7.11. The number of hydrogen-bond donors (Lipinski definition) is 1. The maximum atomic E-state index is 13.0. The zero-order valence-electron chi connectivity index (χ0n) is 11.7. The van der Waals surface area contributed by atoms with Crippen LogP contribution < -0.4 is 5.32 Å². The van der Waals surface area contributed by atoms with Crippen LogP contribution in [0.2, 0.25) is 5.02 Å². The largest absolute Gasteiger partial charge is 0.317 e. The molecule has 2 heterocycles. The Morgan fingerprint density at radius 3 is 2.74 bits per heavy atom. The third kappa shape index (κ3) is 2.70. The molecule has 5 heteroatoms. The van der Waals surface area contributed by atoms with Crippen LogP contribution in [0.15, 0.2) is 6.20 Å². The number of carbonyl (C=O) groups is 1. The first-order valence-corrected chi connectivity index (χ1v) is 7.49. The number of aryl methyl sites for hydroxylation is 1. The van der Waals surface area contributed by atoms with Crippen LogP contribution in [0.4, 0.5) is 0 Å². The molecule has 1 aromatic rings. The molecule has 1 saturated heterocycles. The Kier molecular flexibility index (Phi) is 4.63. The van der Waals surface area contributed by atoms with Gasteiger partial charge in [0.1, 0.15) is 5.69 Å². The smallest absolute Gasteiger partial charge is 0.188 e. The van der Waals surface area contributed by atoms with Crippen LogP contribution in [0, 0.1) is 5.41 Å². The van der Waals surface area contributed by atoms with Gasteiger partial charge in [0.25, 0.3) is 0 Å². The molecule has 0 atom stereocenters. The number of ketones is 1. The van der Waals surface area contributed by atoms with Gasteiger partial charge in [0.2, 0.25) is 0 Å². The fourth-order valence-electron chi connectivity index (χ4n) is 3.05. The van der Waals surface area contributed by atoms with Crippen molar-refractivity contribution in [3.63, 3.8) is 0 Å². The minimum atomic E-state index is -0.253. The summed E-state index contributed by atoms with van der Waals surface area (Å²) in [6.45, 7) is 6.60. The Bertz CT molecular complexity index is 444. The monoisotopic (exact) mass is 283 g/mol. The number of rotatable bonds is 5. The van der Waals surface area contributed by atoms with Gasteiger partial charge in [-0.15, -0.1) is 0 Å². The third-order valence-corrected chi connectivity index (χ3v) is 4.36. The van der Waals surface area contributed by atoms with E-state index >= 15 is 0 Å². The van der Waals surface area contributed by atoms with E-state index in [2.05, 4.69) is 17.3 Å². The lowest BCUT2D eigenvalue weighted by molar-refractivity contribution is 0.0692. The van der Waals surface area contributed by atoms with E-state index in [0.29, 0.717) is 17.3 Å². The van der Waals surface area contributed by atoms with E-state index in [1.54, 1.807) is 10.9 Å². The second kappa shape index (κ2) is 6.06. The molecule has 0 saturated carbocycles. The van der Waals surface area contributed by atoms with E-state index in [1.165, 1.54) is 0 Å². The molecule has 0 amide bonds. The predicted molar refractivity (Wildman–Crippen MR) is 76.7 cm³/mol. The van der Waals surface area contributed by atoms with Crippen LogP contribution in [-0.4, -0.2) is 28.7 Å². The summed E-state index contributed by atoms with van der Waals surface area (Å²) in [5.74, 6) is 0.181. The van der Waals surface area contributed by atoms with E-state index in [-0.39, 0.29) is 11.2 Å². The molecule has 2 rings (SSSR count). The molecule has 1 aliphatic rings. The molecule has 106 valence electrons. The summed E-state index contributed by atoms with van der Waals surface area (Å²) in [6, 6.07) is 0. The van der Waals surface area contributed by atoms with Gasteiger partial charge >= 0.3 is 0 Å². The lowest BCUT2D eigenvalue weighted by Gasteiger charge is -2.36. The Hall–Kier alpha value is -0.870. The van der Waals surface area contributed by atoms with Crippen molar-refractivity contribution < 1.29 is 4.79 Å². The minimum absolute atomic E-state index is 0.181. The molecule has 4 nitrogen and oxygen atoms in total. The van der Waals surface area contributed by atoms with Gasteiger partial charge in [0.05, 0.1) is 11.2 Å². The first-order chi connectivity index (χ1) is 9.14. The van der Waals surface area contributed by atoms with Crippen LogP contribution in [0.25, 0.3) is 0 Å². The van der Waals surface area contributed by atoms with Crippen LogP contribution in [0.5, 0.6) is 0 Å². The predicted octanol–water partition coefficient (Wildman–Crippen LogP) is 2.91. The van der Waals surface area contributed by atoms with E-state index in [1.807, 2.05) is 6.92 Å². The van der Waals surface area contributed by atoms with Crippen molar-refractivity contribution in [3.05, 3.63) is 16.9 Å². The summed E-state index contributed by atoms with van der Waals surface area (Å²) in [5, 5.41) is 8.01.